The second-order valence-electron chi connectivity index (χ2n) is 2.56. The monoisotopic (exact) mass is 354 g/mol. The summed E-state index contributed by atoms with van der Waals surface area (Å²) >= 11 is 0. The van der Waals surface area contributed by atoms with E-state index >= 15 is 0 Å². The molecular weight excluding hydrogens is 342 g/mol. The Morgan fingerprint density at radius 1 is 1.50 bits per heavy atom. The van der Waals surface area contributed by atoms with Gasteiger partial charge in [-0.15, -0.1) is 5.71 Å². The first-order chi connectivity index (χ1) is 5.24. The molecule has 0 bridgehead atoms. The Morgan fingerprint density at radius 2 is 2.17 bits per heavy atom. The molecule has 68 valence electrons. The van der Waals surface area contributed by atoms with E-state index in [1.807, 2.05) is 0 Å². The second kappa shape index (κ2) is 5.82. The first kappa shape index (κ1) is 12.2. The van der Waals surface area contributed by atoms with Crippen molar-refractivity contribution >= 4 is 16.5 Å². The molecule has 0 aromatic carbocycles. The Balaban J connectivity index is 0.00000121. The summed E-state index contributed by atoms with van der Waals surface area (Å²) in [6, 6.07) is 0. The van der Waals surface area contributed by atoms with Crippen LogP contribution >= 0.6 is 0 Å². The van der Waals surface area contributed by atoms with Gasteiger partial charge < -0.3 is 4.99 Å². The van der Waals surface area contributed by atoms with E-state index in [-0.39, 0.29) is 21.1 Å². The average molecular weight is 354 g/mol. The van der Waals surface area contributed by atoms with Crippen LogP contribution in [0.25, 0.3) is 0 Å². The third kappa shape index (κ3) is 3.32. The number of hydrogen-bond acceptors (Lipinski definition) is 2. The van der Waals surface area contributed by atoms with Crippen molar-refractivity contribution in [1.29, 1.82) is 0 Å². The fraction of sp³-hybridized carbons (Fsp3) is 0.625. The zero-order chi connectivity index (χ0) is 8.27. The van der Waals surface area contributed by atoms with Crippen LogP contribution in [-0.2, 0) is 31.9 Å². The van der Waals surface area contributed by atoms with E-state index in [1.165, 1.54) is 0 Å². The molecule has 0 aromatic rings. The first-order valence-corrected chi connectivity index (χ1v) is 5.22. The quantitative estimate of drug-likeness (QED) is 0.653. The van der Waals surface area contributed by atoms with Crippen molar-refractivity contribution in [1.82, 2.24) is 0 Å². The van der Waals surface area contributed by atoms with Gasteiger partial charge in [0.25, 0.3) is 0 Å². The van der Waals surface area contributed by atoms with E-state index in [0.717, 1.165) is 30.5 Å². The normalized spacial score (nSPS) is 25.8. The summed E-state index contributed by atoms with van der Waals surface area (Å²) in [5, 5.41) is 2.90. The van der Waals surface area contributed by atoms with Gasteiger partial charge in [-0.3, -0.25) is 4.21 Å². The maximum Gasteiger partial charge on any atom is 0.00716 e. The van der Waals surface area contributed by atoms with Crippen molar-refractivity contribution in [2.24, 2.45) is 4.99 Å². The molecule has 0 saturated heterocycles. The van der Waals surface area contributed by atoms with Gasteiger partial charge in [0, 0.05) is 28.1 Å². The van der Waals surface area contributed by atoms with Crippen molar-refractivity contribution in [2.45, 2.75) is 19.3 Å². The van der Waals surface area contributed by atoms with Gasteiger partial charge in [0.05, 0.1) is 0 Å². The van der Waals surface area contributed by atoms with E-state index in [2.05, 4.69) is 10.4 Å². The zero-order valence-electron chi connectivity index (χ0n) is 7.29. The van der Waals surface area contributed by atoms with Gasteiger partial charge in [-0.05, 0) is 17.1 Å². The predicted molar refractivity (Wildman–Crippen MR) is 48.0 cm³/mol. The Labute approximate surface area is 90.3 Å². The summed E-state index contributed by atoms with van der Waals surface area (Å²) in [5.74, 6) is 0. The third-order valence-electron chi connectivity index (χ3n) is 1.73. The summed E-state index contributed by atoms with van der Waals surface area (Å²) in [4.78, 5) is 4.10. The van der Waals surface area contributed by atoms with Gasteiger partial charge in [-0.2, -0.15) is 11.0 Å². The zero-order valence-corrected chi connectivity index (χ0v) is 11.0. The summed E-state index contributed by atoms with van der Waals surface area (Å²) in [6.07, 6.45) is 4.78. The fourth-order valence-corrected chi connectivity index (χ4v) is 1.82. The minimum absolute atomic E-state index is 0. The molecule has 1 unspecified atom stereocenters. The Bertz CT molecular complexity index is 235. The summed E-state index contributed by atoms with van der Waals surface area (Å²) in [7, 11) is 0.833. The van der Waals surface area contributed by atoms with Crippen molar-refractivity contribution in [3.63, 3.8) is 0 Å². The maximum absolute atomic E-state index is 10.8. The number of hydrogen-bond donors (Lipinski definition) is 0. The van der Waals surface area contributed by atoms with E-state index in [0.29, 0.717) is 0 Å². The molecule has 1 atom stereocenters. The molecule has 2 nitrogen and oxygen atoms in total. The number of rotatable bonds is 1. The maximum atomic E-state index is 10.8. The van der Waals surface area contributed by atoms with Crippen molar-refractivity contribution < 1.29 is 25.3 Å². The van der Waals surface area contributed by atoms with Gasteiger partial charge in [-0.1, -0.05) is 19.3 Å². The first-order valence-electron chi connectivity index (χ1n) is 3.66. The van der Waals surface area contributed by atoms with Crippen LogP contribution in [0.1, 0.15) is 19.3 Å². The molecule has 0 amide bonds. The second-order valence-corrected chi connectivity index (χ2v) is 3.67. The molecule has 0 aliphatic heterocycles. The SMILES string of the molecule is CN=C1CCCC1=[C-]S(C)=O.[W]. The molecule has 1 saturated carbocycles. The van der Waals surface area contributed by atoms with Gasteiger partial charge in [0.1, 0.15) is 0 Å². The van der Waals surface area contributed by atoms with Crippen molar-refractivity contribution in [2.75, 3.05) is 13.3 Å². The molecule has 4 heteroatoms. The van der Waals surface area contributed by atoms with Crippen LogP contribution in [0.2, 0.25) is 0 Å². The van der Waals surface area contributed by atoms with E-state index in [9.17, 15) is 4.21 Å². The molecule has 0 radical (unpaired) electrons. The summed E-state index contributed by atoms with van der Waals surface area (Å²) < 4.78 is 10.8. The van der Waals surface area contributed by atoms with Crippen LogP contribution < -0.4 is 0 Å². The van der Waals surface area contributed by atoms with Crippen LogP contribution in [0.5, 0.6) is 0 Å². The van der Waals surface area contributed by atoms with Crippen LogP contribution in [0.15, 0.2) is 10.6 Å². The average Bonchev–Trinajstić information content (AvgIpc) is 2.34. The minimum atomic E-state index is -0.946. The molecule has 0 spiro atoms. The molecule has 0 heterocycles. The van der Waals surface area contributed by atoms with Crippen LogP contribution in [0.4, 0.5) is 0 Å². The van der Waals surface area contributed by atoms with Gasteiger partial charge in [-0.25, -0.2) is 0 Å². The Kier molecular flexibility index (Phi) is 5.94. The topological polar surface area (TPSA) is 29.4 Å². The fourth-order valence-electron chi connectivity index (χ4n) is 1.26. The van der Waals surface area contributed by atoms with Crippen molar-refractivity contribution in [3.8, 4) is 0 Å². The van der Waals surface area contributed by atoms with Gasteiger partial charge >= 0.3 is 0 Å². The number of allylic oxidation sites excluding steroid dienone is 1. The van der Waals surface area contributed by atoms with Gasteiger partial charge in [0.15, 0.2) is 0 Å². The predicted octanol–water partition coefficient (Wildman–Crippen LogP) is 1.30. The van der Waals surface area contributed by atoms with E-state index in [1.54, 1.807) is 13.3 Å². The molecular formula is C8H12NOSW-. The van der Waals surface area contributed by atoms with Crippen molar-refractivity contribution in [3.05, 3.63) is 11.0 Å². The molecule has 1 aliphatic rings. The Hall–Kier alpha value is 0.248. The minimum Gasteiger partial charge on any atom is -0.386 e. The van der Waals surface area contributed by atoms with Crippen LogP contribution in [0.3, 0.4) is 0 Å². The molecule has 1 aliphatic carbocycles. The molecule has 12 heavy (non-hydrogen) atoms. The summed E-state index contributed by atoms with van der Waals surface area (Å²) in [5.41, 5.74) is 2.15. The number of aliphatic imine (C=N–C) groups is 1. The molecule has 0 aromatic heterocycles. The van der Waals surface area contributed by atoms with Crippen LogP contribution in [-0.4, -0.2) is 23.2 Å². The molecule has 1 rings (SSSR count). The molecule has 0 N–H and O–H groups in total. The van der Waals surface area contributed by atoms with Gasteiger partial charge in [0.2, 0.25) is 0 Å². The van der Waals surface area contributed by atoms with E-state index < -0.39 is 10.8 Å². The third-order valence-corrected chi connectivity index (χ3v) is 2.26. The van der Waals surface area contributed by atoms with E-state index in [4.69, 9.17) is 0 Å². The largest absolute Gasteiger partial charge is 0.386 e. The number of nitrogens with zero attached hydrogens (tertiary/aromatic N) is 1. The summed E-state index contributed by atoms with van der Waals surface area (Å²) in [6.45, 7) is 0. The smallest absolute Gasteiger partial charge is 0.00716 e. The Morgan fingerprint density at radius 3 is 2.67 bits per heavy atom. The van der Waals surface area contributed by atoms with Crippen LogP contribution in [0, 0.1) is 5.41 Å². The standard InChI is InChI=1S/C8H12NOS.W/c1-9-8-5-3-4-7(8)6-11(2)10;/h3-5H2,1-2H3;/q-1;. The molecule has 1 fully saturated rings.